The van der Waals surface area contributed by atoms with Gasteiger partial charge in [0.05, 0.1) is 7.11 Å². The summed E-state index contributed by atoms with van der Waals surface area (Å²) in [5.74, 6) is -0.219. The van der Waals surface area contributed by atoms with Crippen LogP contribution in [0.1, 0.15) is 6.42 Å². The minimum atomic E-state index is -0.219. The number of methoxy groups -OCH3 is 1. The second kappa shape index (κ2) is 2.82. The van der Waals surface area contributed by atoms with Gasteiger partial charge in [-0.2, -0.15) is 0 Å². The fourth-order valence-corrected chi connectivity index (χ4v) is 0.816. The van der Waals surface area contributed by atoms with E-state index in [4.69, 9.17) is 0 Å². The third-order valence-corrected chi connectivity index (χ3v) is 1.32. The van der Waals surface area contributed by atoms with Gasteiger partial charge in [-0.25, -0.2) is 5.32 Å². The minimum Gasteiger partial charge on any atom is -0.468 e. The standard InChI is InChI=1S/C6H9NO2/c1-9-6(8)5-3-2-4-7-5/h2,5H,3-4H2,1H3. The lowest BCUT2D eigenvalue weighted by atomic mass is 10.2. The third kappa shape index (κ3) is 1.42. The van der Waals surface area contributed by atoms with Crippen LogP contribution in [0.4, 0.5) is 0 Å². The lowest BCUT2D eigenvalue weighted by Crippen LogP contribution is -2.26. The maximum atomic E-state index is 10.7. The van der Waals surface area contributed by atoms with Gasteiger partial charge < -0.3 is 4.74 Å². The molecule has 0 amide bonds. The highest BCUT2D eigenvalue weighted by atomic mass is 16.5. The molecule has 50 valence electrons. The molecule has 0 bridgehead atoms. The molecule has 1 heterocycles. The fourth-order valence-electron chi connectivity index (χ4n) is 0.816. The zero-order chi connectivity index (χ0) is 6.69. The maximum Gasteiger partial charge on any atom is 0.324 e. The first-order valence-corrected chi connectivity index (χ1v) is 2.90. The molecule has 0 N–H and O–H groups in total. The summed E-state index contributed by atoms with van der Waals surface area (Å²) in [6.07, 6.45) is 2.72. The predicted octanol–water partition coefficient (Wildman–Crippen LogP) is -0.260. The molecule has 1 aliphatic rings. The van der Waals surface area contributed by atoms with E-state index in [2.05, 4.69) is 10.1 Å². The van der Waals surface area contributed by atoms with Crippen molar-refractivity contribution in [3.05, 3.63) is 6.42 Å². The zero-order valence-corrected chi connectivity index (χ0v) is 5.33. The van der Waals surface area contributed by atoms with E-state index in [1.165, 1.54) is 7.11 Å². The third-order valence-electron chi connectivity index (χ3n) is 1.32. The number of hydrogen-bond donors (Lipinski definition) is 0. The van der Waals surface area contributed by atoms with E-state index in [1.54, 1.807) is 0 Å². The topological polar surface area (TPSA) is 40.4 Å². The summed E-state index contributed by atoms with van der Waals surface area (Å²) in [5, 5.41) is 3.98. The van der Waals surface area contributed by atoms with Gasteiger partial charge in [0.15, 0.2) is 0 Å². The summed E-state index contributed by atoms with van der Waals surface area (Å²) in [6.45, 7) is 0.694. The minimum absolute atomic E-state index is 0.213. The smallest absolute Gasteiger partial charge is 0.324 e. The monoisotopic (exact) mass is 127 g/mol. The van der Waals surface area contributed by atoms with Gasteiger partial charge in [-0.15, -0.1) is 0 Å². The second-order valence-corrected chi connectivity index (χ2v) is 1.93. The van der Waals surface area contributed by atoms with Crippen molar-refractivity contribution >= 4 is 5.97 Å². The van der Waals surface area contributed by atoms with Crippen molar-refractivity contribution in [1.29, 1.82) is 0 Å². The lowest BCUT2D eigenvalue weighted by molar-refractivity contribution is -0.142. The van der Waals surface area contributed by atoms with E-state index < -0.39 is 0 Å². The van der Waals surface area contributed by atoms with Crippen molar-refractivity contribution in [2.45, 2.75) is 12.5 Å². The van der Waals surface area contributed by atoms with Gasteiger partial charge in [0.2, 0.25) is 0 Å². The number of rotatable bonds is 1. The van der Waals surface area contributed by atoms with Gasteiger partial charge in [-0.1, -0.05) is 0 Å². The van der Waals surface area contributed by atoms with Gasteiger partial charge in [0.1, 0.15) is 6.04 Å². The van der Waals surface area contributed by atoms with E-state index >= 15 is 0 Å². The van der Waals surface area contributed by atoms with Crippen LogP contribution in [0.15, 0.2) is 0 Å². The molecule has 0 aromatic carbocycles. The highest BCUT2D eigenvalue weighted by Gasteiger charge is 2.23. The van der Waals surface area contributed by atoms with E-state index in [-0.39, 0.29) is 12.0 Å². The van der Waals surface area contributed by atoms with Gasteiger partial charge in [-0.3, -0.25) is 4.79 Å². The summed E-state index contributed by atoms with van der Waals surface area (Å²) < 4.78 is 4.48. The Bertz CT molecular complexity index is 108. The van der Waals surface area contributed by atoms with Gasteiger partial charge in [0.25, 0.3) is 0 Å². The number of hydrogen-bond acceptors (Lipinski definition) is 2. The molecule has 0 saturated carbocycles. The summed E-state index contributed by atoms with van der Waals surface area (Å²) in [4.78, 5) is 10.7. The SMILES string of the molecule is COC(=O)C1C[CH]C[N]1. The molecule has 0 aromatic rings. The molecule has 9 heavy (non-hydrogen) atoms. The highest BCUT2D eigenvalue weighted by molar-refractivity contribution is 5.76. The normalized spacial score (nSPS) is 26.1. The Morgan fingerprint density at radius 1 is 1.89 bits per heavy atom. The zero-order valence-electron chi connectivity index (χ0n) is 5.33. The Hall–Kier alpha value is -0.570. The van der Waals surface area contributed by atoms with Crippen molar-refractivity contribution in [3.63, 3.8) is 0 Å². The number of nitrogens with zero attached hydrogens (tertiary/aromatic N) is 1. The molecule has 1 atom stereocenters. The van der Waals surface area contributed by atoms with Crippen LogP contribution in [0.2, 0.25) is 0 Å². The van der Waals surface area contributed by atoms with Crippen LogP contribution in [-0.2, 0) is 9.53 Å². The molecular formula is C6H9NO2. The van der Waals surface area contributed by atoms with Gasteiger partial charge in [-0.05, 0) is 12.8 Å². The van der Waals surface area contributed by atoms with E-state index in [1.807, 2.05) is 6.42 Å². The molecular weight excluding hydrogens is 118 g/mol. The molecule has 1 rings (SSSR count). The van der Waals surface area contributed by atoms with Crippen molar-refractivity contribution in [2.24, 2.45) is 0 Å². The van der Waals surface area contributed by atoms with Crippen molar-refractivity contribution < 1.29 is 9.53 Å². The first-order valence-electron chi connectivity index (χ1n) is 2.90. The number of carbonyl (C=O) groups is 1. The molecule has 1 saturated heterocycles. The quantitative estimate of drug-likeness (QED) is 0.455. The average Bonchev–Trinajstić information content (AvgIpc) is 2.37. The summed E-state index contributed by atoms with van der Waals surface area (Å²) in [6, 6.07) is -0.213. The van der Waals surface area contributed by atoms with Gasteiger partial charge >= 0.3 is 5.97 Å². The lowest BCUT2D eigenvalue weighted by Gasteiger charge is -2.03. The molecule has 2 radical (unpaired) electrons. The number of esters is 1. The van der Waals surface area contributed by atoms with E-state index in [0.29, 0.717) is 6.54 Å². The predicted molar refractivity (Wildman–Crippen MR) is 31.7 cm³/mol. The fraction of sp³-hybridized carbons (Fsp3) is 0.667. The van der Waals surface area contributed by atoms with Crippen LogP contribution in [-0.4, -0.2) is 25.7 Å². The van der Waals surface area contributed by atoms with E-state index in [0.717, 1.165) is 6.42 Å². The number of ether oxygens (including phenoxy) is 1. The van der Waals surface area contributed by atoms with E-state index in [9.17, 15) is 4.79 Å². The summed E-state index contributed by atoms with van der Waals surface area (Å²) in [5.41, 5.74) is 0. The molecule has 1 fully saturated rings. The Labute approximate surface area is 54.4 Å². The molecule has 1 unspecified atom stereocenters. The van der Waals surface area contributed by atoms with Crippen LogP contribution in [0, 0.1) is 6.42 Å². The van der Waals surface area contributed by atoms with Crippen LogP contribution in [0.5, 0.6) is 0 Å². The Kier molecular flexibility index (Phi) is 2.05. The van der Waals surface area contributed by atoms with Crippen LogP contribution < -0.4 is 5.32 Å². The molecule has 0 aliphatic carbocycles. The summed E-state index contributed by atoms with van der Waals surface area (Å²) in [7, 11) is 1.39. The first-order chi connectivity index (χ1) is 4.34. The summed E-state index contributed by atoms with van der Waals surface area (Å²) >= 11 is 0. The largest absolute Gasteiger partial charge is 0.468 e. The van der Waals surface area contributed by atoms with Crippen molar-refractivity contribution in [3.8, 4) is 0 Å². The Morgan fingerprint density at radius 2 is 2.67 bits per heavy atom. The van der Waals surface area contributed by atoms with Crippen LogP contribution >= 0.6 is 0 Å². The first kappa shape index (κ1) is 6.55. The van der Waals surface area contributed by atoms with Gasteiger partial charge in [0, 0.05) is 6.54 Å². The molecule has 3 heteroatoms. The van der Waals surface area contributed by atoms with Crippen molar-refractivity contribution in [1.82, 2.24) is 5.32 Å². The van der Waals surface area contributed by atoms with Crippen molar-refractivity contribution in [2.75, 3.05) is 13.7 Å². The molecule has 3 nitrogen and oxygen atoms in total. The van der Waals surface area contributed by atoms with Crippen LogP contribution in [0.25, 0.3) is 0 Å². The Morgan fingerprint density at radius 3 is 3.11 bits per heavy atom. The maximum absolute atomic E-state index is 10.7. The number of carbonyl (C=O) groups excluding carboxylic acids is 1. The van der Waals surface area contributed by atoms with Crippen LogP contribution in [0.3, 0.4) is 0 Å². The molecule has 0 spiro atoms. The molecule has 1 aliphatic heterocycles. The Balaban J connectivity index is 2.32. The average molecular weight is 127 g/mol. The second-order valence-electron chi connectivity index (χ2n) is 1.93. The molecule has 0 aromatic heterocycles. The highest BCUT2D eigenvalue weighted by Crippen LogP contribution is 2.06.